The van der Waals surface area contributed by atoms with Crippen molar-refractivity contribution in [3.63, 3.8) is 0 Å². The highest BCUT2D eigenvalue weighted by molar-refractivity contribution is 5.96. The van der Waals surface area contributed by atoms with Crippen molar-refractivity contribution in [3.8, 4) is 0 Å². The predicted molar refractivity (Wildman–Crippen MR) is 85.3 cm³/mol. The van der Waals surface area contributed by atoms with Crippen LogP contribution in [0.4, 0.5) is 0 Å². The molecular weight excluding hydrogens is 292 g/mol. The molecule has 1 unspecified atom stereocenters. The van der Waals surface area contributed by atoms with E-state index in [0.717, 1.165) is 18.4 Å². The molecule has 5 heteroatoms. The number of hydrogen-bond acceptors (Lipinski definition) is 3. The summed E-state index contributed by atoms with van der Waals surface area (Å²) in [5.74, 6) is -1.27. The summed E-state index contributed by atoms with van der Waals surface area (Å²) in [5.41, 5.74) is 2.67. The second kappa shape index (κ2) is 6.20. The van der Waals surface area contributed by atoms with Gasteiger partial charge in [0, 0.05) is 18.8 Å². The number of fused-ring (bicyclic) bond motifs is 1. The Bertz CT molecular complexity index is 757. The van der Waals surface area contributed by atoms with Crippen LogP contribution in [-0.4, -0.2) is 32.9 Å². The topological polar surface area (TPSA) is 70.5 Å². The lowest BCUT2D eigenvalue weighted by molar-refractivity contribution is 0.0628. The molecule has 0 saturated heterocycles. The summed E-state index contributed by atoms with van der Waals surface area (Å²) in [5, 5.41) is 9.08. The fourth-order valence-corrected chi connectivity index (χ4v) is 3.02. The molecule has 1 aliphatic heterocycles. The number of aromatic nitrogens is 1. The van der Waals surface area contributed by atoms with Crippen LogP contribution in [0.15, 0.2) is 42.6 Å². The Hall–Kier alpha value is -2.69. The molecule has 0 radical (unpaired) electrons. The van der Waals surface area contributed by atoms with Crippen molar-refractivity contribution in [1.29, 1.82) is 0 Å². The van der Waals surface area contributed by atoms with Crippen LogP contribution in [-0.2, 0) is 13.0 Å². The molecule has 0 fully saturated rings. The van der Waals surface area contributed by atoms with Gasteiger partial charge in [-0.15, -0.1) is 0 Å². The quantitative estimate of drug-likeness (QED) is 0.946. The van der Waals surface area contributed by atoms with Crippen LogP contribution in [0.25, 0.3) is 0 Å². The van der Waals surface area contributed by atoms with Gasteiger partial charge in [0.1, 0.15) is 5.69 Å². The number of pyridine rings is 1. The minimum atomic E-state index is -1.06. The maximum atomic E-state index is 12.8. The van der Waals surface area contributed by atoms with Gasteiger partial charge in [0.25, 0.3) is 5.91 Å². The van der Waals surface area contributed by atoms with Gasteiger partial charge in [0.2, 0.25) is 0 Å². The van der Waals surface area contributed by atoms with Crippen LogP contribution in [0, 0.1) is 0 Å². The van der Waals surface area contributed by atoms with Crippen molar-refractivity contribution < 1.29 is 14.7 Å². The molecule has 1 atom stereocenters. The number of carboxylic acids is 1. The number of hydrogen-bond donors (Lipinski definition) is 1. The molecule has 0 aliphatic carbocycles. The van der Waals surface area contributed by atoms with Crippen LogP contribution in [0.1, 0.15) is 45.3 Å². The molecule has 0 bridgehead atoms. The number of nitrogens with zero attached hydrogens (tertiary/aromatic N) is 2. The van der Waals surface area contributed by atoms with E-state index in [-0.39, 0.29) is 23.2 Å². The fraction of sp³-hybridized carbons (Fsp3) is 0.278. The third-order valence-electron chi connectivity index (χ3n) is 4.31. The fourth-order valence-electron chi connectivity index (χ4n) is 3.02. The number of rotatable bonds is 3. The third kappa shape index (κ3) is 2.95. The number of amides is 1. The standard InChI is InChI=1S/C18H18N2O3/c1-2-15-9-12-5-3-4-6-14(12)11-20(15)17(21)16-10-13(18(22)23)7-8-19-16/h3-8,10,15H,2,9,11H2,1H3,(H,22,23). The Morgan fingerprint density at radius 1 is 1.26 bits per heavy atom. The number of carboxylic acid groups (broad SMARTS) is 1. The molecule has 2 heterocycles. The van der Waals surface area contributed by atoms with E-state index in [1.807, 2.05) is 18.2 Å². The molecule has 0 spiro atoms. The average molecular weight is 310 g/mol. The normalized spacial score (nSPS) is 16.7. The van der Waals surface area contributed by atoms with Crippen LogP contribution in [0.3, 0.4) is 0 Å². The largest absolute Gasteiger partial charge is 0.478 e. The van der Waals surface area contributed by atoms with Crippen molar-refractivity contribution in [2.45, 2.75) is 32.4 Å². The first-order valence-electron chi connectivity index (χ1n) is 7.67. The van der Waals surface area contributed by atoms with Crippen molar-refractivity contribution in [3.05, 3.63) is 65.0 Å². The van der Waals surface area contributed by atoms with E-state index in [1.165, 1.54) is 23.9 Å². The molecule has 1 aromatic heterocycles. The van der Waals surface area contributed by atoms with Crippen LogP contribution >= 0.6 is 0 Å². The van der Waals surface area contributed by atoms with Gasteiger partial charge in [-0.05, 0) is 36.1 Å². The summed E-state index contributed by atoms with van der Waals surface area (Å²) in [7, 11) is 0. The zero-order valence-corrected chi connectivity index (χ0v) is 12.9. The molecule has 3 rings (SSSR count). The van der Waals surface area contributed by atoms with E-state index in [1.54, 1.807) is 4.90 Å². The third-order valence-corrected chi connectivity index (χ3v) is 4.31. The maximum Gasteiger partial charge on any atom is 0.335 e. The van der Waals surface area contributed by atoms with Crippen LogP contribution in [0.5, 0.6) is 0 Å². The van der Waals surface area contributed by atoms with Gasteiger partial charge in [0.15, 0.2) is 0 Å². The minimum Gasteiger partial charge on any atom is -0.478 e. The highest BCUT2D eigenvalue weighted by Crippen LogP contribution is 2.26. The lowest BCUT2D eigenvalue weighted by atomic mass is 9.92. The molecule has 1 aromatic carbocycles. The van der Waals surface area contributed by atoms with Gasteiger partial charge in [-0.1, -0.05) is 31.2 Å². The Balaban J connectivity index is 1.92. The van der Waals surface area contributed by atoms with E-state index in [2.05, 4.69) is 18.0 Å². The second-order valence-electron chi connectivity index (χ2n) is 5.70. The summed E-state index contributed by atoms with van der Waals surface area (Å²) < 4.78 is 0. The van der Waals surface area contributed by atoms with Gasteiger partial charge in [0.05, 0.1) is 5.56 Å². The zero-order chi connectivity index (χ0) is 16.4. The molecule has 1 amide bonds. The Labute approximate surface area is 134 Å². The average Bonchev–Trinajstić information content (AvgIpc) is 2.60. The number of benzene rings is 1. The first-order chi connectivity index (χ1) is 11.1. The Morgan fingerprint density at radius 3 is 2.70 bits per heavy atom. The lowest BCUT2D eigenvalue weighted by Crippen LogP contribution is -2.44. The zero-order valence-electron chi connectivity index (χ0n) is 12.9. The summed E-state index contributed by atoms with van der Waals surface area (Å²) in [6.07, 6.45) is 3.03. The van der Waals surface area contributed by atoms with Crippen LogP contribution < -0.4 is 0 Å². The molecule has 1 aliphatic rings. The highest BCUT2D eigenvalue weighted by atomic mass is 16.4. The summed E-state index contributed by atoms with van der Waals surface area (Å²) in [6.45, 7) is 2.59. The first-order valence-corrected chi connectivity index (χ1v) is 7.67. The van der Waals surface area contributed by atoms with Crippen molar-refractivity contribution in [2.75, 3.05) is 0 Å². The Morgan fingerprint density at radius 2 is 2.00 bits per heavy atom. The van der Waals surface area contributed by atoms with Gasteiger partial charge < -0.3 is 10.0 Å². The van der Waals surface area contributed by atoms with Crippen molar-refractivity contribution in [1.82, 2.24) is 9.88 Å². The van der Waals surface area contributed by atoms with Crippen LogP contribution in [0.2, 0.25) is 0 Å². The smallest absolute Gasteiger partial charge is 0.335 e. The molecule has 118 valence electrons. The van der Waals surface area contributed by atoms with Crippen molar-refractivity contribution in [2.24, 2.45) is 0 Å². The SMILES string of the molecule is CCC1Cc2ccccc2CN1C(=O)c1cc(C(=O)O)ccn1. The first kappa shape index (κ1) is 15.2. The van der Waals surface area contributed by atoms with Crippen molar-refractivity contribution >= 4 is 11.9 Å². The highest BCUT2D eigenvalue weighted by Gasteiger charge is 2.29. The molecule has 0 saturated carbocycles. The van der Waals surface area contributed by atoms with E-state index in [4.69, 9.17) is 5.11 Å². The van der Waals surface area contributed by atoms with E-state index < -0.39 is 5.97 Å². The maximum absolute atomic E-state index is 12.8. The summed E-state index contributed by atoms with van der Waals surface area (Å²) >= 11 is 0. The summed E-state index contributed by atoms with van der Waals surface area (Å²) in [4.78, 5) is 29.8. The number of carbonyl (C=O) groups excluding carboxylic acids is 1. The predicted octanol–water partition coefficient (Wildman–Crippen LogP) is 2.76. The number of carbonyl (C=O) groups is 2. The van der Waals surface area contributed by atoms with Gasteiger partial charge in [-0.2, -0.15) is 0 Å². The molecule has 1 N–H and O–H groups in total. The second-order valence-corrected chi connectivity index (χ2v) is 5.70. The van der Waals surface area contributed by atoms with Gasteiger partial charge in [-0.3, -0.25) is 9.78 Å². The molecular formula is C18H18N2O3. The van der Waals surface area contributed by atoms with Gasteiger partial charge >= 0.3 is 5.97 Å². The van der Waals surface area contributed by atoms with Gasteiger partial charge in [-0.25, -0.2) is 4.79 Å². The molecule has 5 nitrogen and oxygen atoms in total. The van der Waals surface area contributed by atoms with E-state index in [9.17, 15) is 9.59 Å². The Kier molecular flexibility index (Phi) is 4.10. The number of aromatic carboxylic acids is 1. The molecule has 2 aromatic rings. The van der Waals surface area contributed by atoms with E-state index >= 15 is 0 Å². The summed E-state index contributed by atoms with van der Waals surface area (Å²) in [6, 6.07) is 11.0. The van der Waals surface area contributed by atoms with E-state index in [0.29, 0.717) is 6.54 Å². The monoisotopic (exact) mass is 310 g/mol. The minimum absolute atomic E-state index is 0.0776. The molecule has 23 heavy (non-hydrogen) atoms. The lowest BCUT2D eigenvalue weighted by Gasteiger charge is -2.36.